The zero-order chi connectivity index (χ0) is 45.0. The van der Waals surface area contributed by atoms with E-state index in [-0.39, 0.29) is 0 Å². The van der Waals surface area contributed by atoms with Crippen LogP contribution in [0.4, 0.5) is 0 Å². The summed E-state index contributed by atoms with van der Waals surface area (Å²) in [5.74, 6) is 1.85. The van der Waals surface area contributed by atoms with E-state index in [0.717, 1.165) is 77.6 Å². The molecule has 3 aromatic heterocycles. The van der Waals surface area contributed by atoms with Gasteiger partial charge in [0.2, 0.25) is 0 Å². The summed E-state index contributed by atoms with van der Waals surface area (Å²) in [5.41, 5.74) is 17.0. The van der Waals surface area contributed by atoms with Gasteiger partial charge in [-0.05, 0) is 117 Å². The summed E-state index contributed by atoms with van der Waals surface area (Å²) in [7, 11) is 0. The maximum atomic E-state index is 6.34. The highest BCUT2D eigenvalue weighted by atomic mass is 16.3. The molecular formula is C63H40N4O. The number of para-hydroxylation sites is 1. The standard InChI is InChI=1S/C63H40N4O/c1-4-14-41(15-5-1)45-20-12-21-46(36-45)47-22-13-23-51(37-47)63-65-61(43-18-8-3-9-19-43)64-62(66-63)44-26-31-52(32-27-44)67-57-25-11-10-24-53(57)54-33-28-50(40-58(54)67)49-30-35-60-56(39-49)55-38-48(29-34-59(55)68-60)42-16-6-2-7-17-42/h1-40H. The highest BCUT2D eigenvalue weighted by molar-refractivity contribution is 6.11. The molecular weight excluding hydrogens is 829 g/mol. The lowest BCUT2D eigenvalue weighted by molar-refractivity contribution is 0.669. The first kappa shape index (κ1) is 39.2. The largest absolute Gasteiger partial charge is 0.456 e. The van der Waals surface area contributed by atoms with Crippen LogP contribution in [0, 0.1) is 0 Å². The molecule has 0 atom stereocenters. The van der Waals surface area contributed by atoms with Crippen molar-refractivity contribution in [1.82, 2.24) is 19.5 Å². The number of nitrogens with zero attached hydrogens (tertiary/aromatic N) is 4. The molecule has 13 rings (SSSR count). The Kier molecular flexibility index (Phi) is 9.43. The van der Waals surface area contributed by atoms with Gasteiger partial charge in [0.15, 0.2) is 17.5 Å². The second-order valence-electron chi connectivity index (χ2n) is 17.2. The van der Waals surface area contributed by atoms with Crippen molar-refractivity contribution in [2.24, 2.45) is 0 Å². The van der Waals surface area contributed by atoms with Crippen LogP contribution >= 0.6 is 0 Å². The van der Waals surface area contributed by atoms with Crippen molar-refractivity contribution in [1.29, 1.82) is 0 Å². The van der Waals surface area contributed by atoms with Crippen LogP contribution in [0.15, 0.2) is 247 Å². The highest BCUT2D eigenvalue weighted by Crippen LogP contribution is 2.39. The summed E-state index contributed by atoms with van der Waals surface area (Å²) in [6.45, 7) is 0. The van der Waals surface area contributed by atoms with Gasteiger partial charge in [0.25, 0.3) is 0 Å². The van der Waals surface area contributed by atoms with Crippen LogP contribution < -0.4 is 0 Å². The van der Waals surface area contributed by atoms with Crippen LogP contribution in [0.1, 0.15) is 0 Å². The van der Waals surface area contributed by atoms with E-state index in [0.29, 0.717) is 17.5 Å². The fourth-order valence-electron chi connectivity index (χ4n) is 9.65. The second kappa shape index (κ2) is 16.4. The van der Waals surface area contributed by atoms with Gasteiger partial charge in [0, 0.05) is 43.9 Å². The van der Waals surface area contributed by atoms with Gasteiger partial charge in [-0.3, -0.25) is 0 Å². The Morgan fingerprint density at radius 3 is 1.26 bits per heavy atom. The van der Waals surface area contributed by atoms with E-state index in [2.05, 4.69) is 211 Å². The third kappa shape index (κ3) is 7.02. The first-order chi connectivity index (χ1) is 33.7. The van der Waals surface area contributed by atoms with Gasteiger partial charge in [-0.15, -0.1) is 0 Å². The third-order valence-corrected chi connectivity index (χ3v) is 13.1. The maximum absolute atomic E-state index is 6.34. The Labute approximate surface area is 392 Å². The summed E-state index contributed by atoms with van der Waals surface area (Å²) >= 11 is 0. The minimum Gasteiger partial charge on any atom is -0.456 e. The average molecular weight is 869 g/mol. The molecule has 68 heavy (non-hydrogen) atoms. The number of fused-ring (bicyclic) bond motifs is 6. The number of hydrogen-bond donors (Lipinski definition) is 0. The molecule has 0 aliphatic heterocycles. The monoisotopic (exact) mass is 868 g/mol. The van der Waals surface area contributed by atoms with Crippen LogP contribution in [0.2, 0.25) is 0 Å². The van der Waals surface area contributed by atoms with Crippen molar-refractivity contribution in [3.8, 4) is 84.4 Å². The lowest BCUT2D eigenvalue weighted by Gasteiger charge is -2.12. The summed E-state index contributed by atoms with van der Waals surface area (Å²) in [5, 5.41) is 4.61. The molecule has 0 saturated heterocycles. The predicted molar refractivity (Wildman–Crippen MR) is 279 cm³/mol. The van der Waals surface area contributed by atoms with E-state index in [9.17, 15) is 0 Å². The van der Waals surface area contributed by atoms with Crippen molar-refractivity contribution in [3.63, 3.8) is 0 Å². The van der Waals surface area contributed by atoms with Gasteiger partial charge >= 0.3 is 0 Å². The fraction of sp³-hybridized carbons (Fsp3) is 0. The molecule has 3 heterocycles. The van der Waals surface area contributed by atoms with Gasteiger partial charge in [-0.2, -0.15) is 0 Å². The zero-order valence-corrected chi connectivity index (χ0v) is 36.8. The number of benzene rings is 10. The van der Waals surface area contributed by atoms with Crippen LogP contribution in [0.3, 0.4) is 0 Å². The van der Waals surface area contributed by atoms with Crippen LogP contribution in [0.5, 0.6) is 0 Å². The summed E-state index contributed by atoms with van der Waals surface area (Å²) in [6, 6.07) is 85.3. The Morgan fingerprint density at radius 1 is 0.250 bits per heavy atom. The summed E-state index contributed by atoms with van der Waals surface area (Å²) in [6.07, 6.45) is 0. The Bertz CT molecular complexity index is 4010. The molecule has 318 valence electrons. The molecule has 5 nitrogen and oxygen atoms in total. The van der Waals surface area contributed by atoms with E-state index < -0.39 is 0 Å². The van der Waals surface area contributed by atoms with Gasteiger partial charge in [-0.1, -0.05) is 170 Å². The Balaban J connectivity index is 0.885. The molecule has 0 fully saturated rings. The molecule has 0 N–H and O–H groups in total. The third-order valence-electron chi connectivity index (χ3n) is 13.1. The van der Waals surface area contributed by atoms with E-state index in [1.807, 2.05) is 36.4 Å². The molecule has 0 unspecified atom stereocenters. The van der Waals surface area contributed by atoms with Gasteiger partial charge < -0.3 is 8.98 Å². The minimum absolute atomic E-state index is 0.611. The van der Waals surface area contributed by atoms with Crippen molar-refractivity contribution < 1.29 is 4.42 Å². The van der Waals surface area contributed by atoms with Crippen LogP contribution in [-0.2, 0) is 0 Å². The van der Waals surface area contributed by atoms with Crippen molar-refractivity contribution in [2.45, 2.75) is 0 Å². The summed E-state index contributed by atoms with van der Waals surface area (Å²) < 4.78 is 8.71. The van der Waals surface area contributed by atoms with Gasteiger partial charge in [0.1, 0.15) is 11.2 Å². The van der Waals surface area contributed by atoms with Gasteiger partial charge in [-0.25, -0.2) is 15.0 Å². The number of rotatable bonds is 8. The molecule has 0 bridgehead atoms. The number of furan rings is 1. The molecule has 0 aliphatic carbocycles. The lowest BCUT2D eigenvalue weighted by atomic mass is 9.98. The zero-order valence-electron chi connectivity index (χ0n) is 36.8. The Hall–Kier alpha value is -9.19. The highest BCUT2D eigenvalue weighted by Gasteiger charge is 2.17. The first-order valence-corrected chi connectivity index (χ1v) is 22.9. The molecule has 0 amide bonds. The van der Waals surface area contributed by atoms with E-state index in [1.54, 1.807) is 0 Å². The average Bonchev–Trinajstić information content (AvgIpc) is 3.96. The molecule has 0 saturated carbocycles. The topological polar surface area (TPSA) is 56.7 Å². The summed E-state index contributed by atoms with van der Waals surface area (Å²) in [4.78, 5) is 15.3. The SMILES string of the molecule is c1ccc(-c2cccc(-c3cccc(-c4nc(-c5ccccc5)nc(-c5ccc(-n6c7ccccc7c7ccc(-c8ccc9oc%10ccc(-c%11ccccc%11)cc%10c9c8)cc76)cc5)n4)c3)c2)cc1. The smallest absolute Gasteiger partial charge is 0.164 e. The normalized spacial score (nSPS) is 11.5. The molecule has 0 spiro atoms. The molecule has 0 radical (unpaired) electrons. The lowest BCUT2D eigenvalue weighted by Crippen LogP contribution is -2.00. The maximum Gasteiger partial charge on any atom is 0.164 e. The molecule has 10 aromatic carbocycles. The quantitative estimate of drug-likeness (QED) is 0.153. The molecule has 13 aromatic rings. The van der Waals surface area contributed by atoms with E-state index >= 15 is 0 Å². The van der Waals surface area contributed by atoms with Crippen LogP contribution in [0.25, 0.3) is 128 Å². The first-order valence-electron chi connectivity index (χ1n) is 22.9. The van der Waals surface area contributed by atoms with Crippen molar-refractivity contribution >= 4 is 43.7 Å². The molecule has 5 heteroatoms. The number of aromatic nitrogens is 4. The minimum atomic E-state index is 0.611. The fourth-order valence-corrected chi connectivity index (χ4v) is 9.65. The van der Waals surface area contributed by atoms with E-state index in [4.69, 9.17) is 19.4 Å². The van der Waals surface area contributed by atoms with E-state index in [1.165, 1.54) is 33.0 Å². The molecule has 0 aliphatic rings. The number of hydrogen-bond acceptors (Lipinski definition) is 4. The second-order valence-corrected chi connectivity index (χ2v) is 17.2. The van der Waals surface area contributed by atoms with Crippen molar-refractivity contribution in [2.75, 3.05) is 0 Å². The predicted octanol–water partition coefficient (Wildman–Crippen LogP) is 16.5. The van der Waals surface area contributed by atoms with Gasteiger partial charge in [0.05, 0.1) is 11.0 Å². The van der Waals surface area contributed by atoms with Crippen molar-refractivity contribution in [3.05, 3.63) is 243 Å². The Morgan fingerprint density at radius 2 is 0.647 bits per heavy atom. The van der Waals surface area contributed by atoms with Crippen LogP contribution in [-0.4, -0.2) is 19.5 Å².